The van der Waals surface area contributed by atoms with E-state index in [0.29, 0.717) is 13.2 Å². The van der Waals surface area contributed by atoms with Crippen molar-refractivity contribution in [2.45, 2.75) is 6.54 Å². The number of rotatable bonds is 7. The number of amides is 2. The molecule has 0 saturated carbocycles. The standard InChI is InChI=1S/C16H25N3O3/c1-21-11-12-22-14-17-16(20)19-9-7-18(8-10-19)13-15-5-3-2-4-6-15/h2-6H,7-14H2,1H3,(H,17,20). The van der Waals surface area contributed by atoms with Crippen molar-refractivity contribution >= 4 is 6.03 Å². The minimum absolute atomic E-state index is 0.0585. The van der Waals surface area contributed by atoms with Gasteiger partial charge >= 0.3 is 6.03 Å². The van der Waals surface area contributed by atoms with Crippen molar-refractivity contribution in [3.8, 4) is 0 Å². The molecular weight excluding hydrogens is 282 g/mol. The molecule has 6 nitrogen and oxygen atoms in total. The van der Waals surface area contributed by atoms with Gasteiger partial charge in [0.05, 0.1) is 13.2 Å². The lowest BCUT2D eigenvalue weighted by Gasteiger charge is -2.34. The van der Waals surface area contributed by atoms with E-state index in [-0.39, 0.29) is 12.8 Å². The van der Waals surface area contributed by atoms with Crippen molar-refractivity contribution < 1.29 is 14.3 Å². The van der Waals surface area contributed by atoms with E-state index in [0.717, 1.165) is 32.7 Å². The summed E-state index contributed by atoms with van der Waals surface area (Å²) < 4.78 is 10.1. The molecule has 122 valence electrons. The van der Waals surface area contributed by atoms with Gasteiger partial charge in [0.1, 0.15) is 6.73 Å². The number of benzene rings is 1. The Labute approximate surface area is 132 Å². The van der Waals surface area contributed by atoms with Gasteiger partial charge in [-0.3, -0.25) is 4.90 Å². The average Bonchev–Trinajstić information content (AvgIpc) is 2.56. The zero-order valence-electron chi connectivity index (χ0n) is 13.2. The van der Waals surface area contributed by atoms with E-state index >= 15 is 0 Å². The summed E-state index contributed by atoms with van der Waals surface area (Å²) in [6.45, 7) is 5.48. The van der Waals surface area contributed by atoms with Gasteiger partial charge in [-0.1, -0.05) is 30.3 Å². The molecule has 1 aliphatic heterocycles. The van der Waals surface area contributed by atoms with Crippen LogP contribution in [0.1, 0.15) is 5.56 Å². The fourth-order valence-electron chi connectivity index (χ4n) is 2.39. The van der Waals surface area contributed by atoms with Crippen LogP contribution in [0.3, 0.4) is 0 Å². The van der Waals surface area contributed by atoms with E-state index in [9.17, 15) is 4.79 Å². The number of nitrogens with one attached hydrogen (secondary N) is 1. The number of carbonyl (C=O) groups is 1. The van der Waals surface area contributed by atoms with Gasteiger partial charge in [0, 0.05) is 39.8 Å². The molecule has 2 rings (SSSR count). The fourth-order valence-corrected chi connectivity index (χ4v) is 2.39. The Morgan fingerprint density at radius 2 is 1.86 bits per heavy atom. The minimum atomic E-state index is -0.0585. The number of hydrogen-bond donors (Lipinski definition) is 1. The van der Waals surface area contributed by atoms with Crippen molar-refractivity contribution in [2.75, 3.05) is 53.2 Å². The summed E-state index contributed by atoms with van der Waals surface area (Å²) in [4.78, 5) is 16.2. The Kier molecular flexibility index (Phi) is 7.15. The Balaban J connectivity index is 1.63. The van der Waals surface area contributed by atoms with Crippen LogP contribution in [0.25, 0.3) is 0 Å². The van der Waals surface area contributed by atoms with Gasteiger partial charge in [0.25, 0.3) is 0 Å². The van der Waals surface area contributed by atoms with Crippen molar-refractivity contribution in [3.05, 3.63) is 35.9 Å². The molecule has 0 aromatic heterocycles. The highest BCUT2D eigenvalue weighted by atomic mass is 16.5. The number of ether oxygens (including phenoxy) is 2. The lowest BCUT2D eigenvalue weighted by molar-refractivity contribution is 0.0594. The first-order valence-electron chi connectivity index (χ1n) is 7.65. The third-order valence-corrected chi connectivity index (χ3v) is 3.67. The molecule has 22 heavy (non-hydrogen) atoms. The second-order valence-corrected chi connectivity index (χ2v) is 5.28. The molecule has 0 unspecified atom stereocenters. The third-order valence-electron chi connectivity index (χ3n) is 3.67. The van der Waals surface area contributed by atoms with Crippen molar-refractivity contribution in [1.29, 1.82) is 0 Å². The molecule has 1 aliphatic rings. The molecule has 0 spiro atoms. The molecule has 0 radical (unpaired) electrons. The van der Waals surface area contributed by atoms with Crippen LogP contribution in [0, 0.1) is 0 Å². The van der Waals surface area contributed by atoms with E-state index in [4.69, 9.17) is 9.47 Å². The molecule has 1 saturated heterocycles. The number of piperazine rings is 1. The molecular formula is C16H25N3O3. The summed E-state index contributed by atoms with van der Waals surface area (Å²) in [5, 5.41) is 2.77. The van der Waals surface area contributed by atoms with Crippen LogP contribution in [-0.4, -0.2) is 69.1 Å². The predicted octanol–water partition coefficient (Wildman–Crippen LogP) is 1.13. The van der Waals surface area contributed by atoms with Crippen LogP contribution in [0.5, 0.6) is 0 Å². The highest BCUT2D eigenvalue weighted by molar-refractivity contribution is 5.74. The Hall–Kier alpha value is -1.63. The number of nitrogens with zero attached hydrogens (tertiary/aromatic N) is 2. The maximum absolute atomic E-state index is 12.0. The zero-order chi connectivity index (χ0) is 15.6. The maximum atomic E-state index is 12.0. The summed E-state index contributed by atoms with van der Waals surface area (Å²) in [6.07, 6.45) is 0. The monoisotopic (exact) mass is 307 g/mol. The minimum Gasteiger partial charge on any atom is -0.382 e. The number of methoxy groups -OCH3 is 1. The predicted molar refractivity (Wildman–Crippen MR) is 84.5 cm³/mol. The molecule has 6 heteroatoms. The number of carbonyl (C=O) groups excluding carboxylic acids is 1. The molecule has 1 N–H and O–H groups in total. The summed E-state index contributed by atoms with van der Waals surface area (Å²) in [5.41, 5.74) is 1.31. The first-order valence-corrected chi connectivity index (χ1v) is 7.65. The topological polar surface area (TPSA) is 54.0 Å². The van der Waals surface area contributed by atoms with Gasteiger partial charge in [-0.15, -0.1) is 0 Å². The summed E-state index contributed by atoms with van der Waals surface area (Å²) in [6, 6.07) is 10.4. The summed E-state index contributed by atoms with van der Waals surface area (Å²) >= 11 is 0. The quantitative estimate of drug-likeness (QED) is 0.606. The van der Waals surface area contributed by atoms with E-state index < -0.39 is 0 Å². The lowest BCUT2D eigenvalue weighted by Crippen LogP contribution is -2.51. The van der Waals surface area contributed by atoms with Crippen molar-refractivity contribution in [2.24, 2.45) is 0 Å². The second-order valence-electron chi connectivity index (χ2n) is 5.28. The average molecular weight is 307 g/mol. The largest absolute Gasteiger partial charge is 0.382 e. The molecule has 0 atom stereocenters. The van der Waals surface area contributed by atoms with E-state index in [2.05, 4.69) is 34.5 Å². The molecule has 0 aliphatic carbocycles. The van der Waals surface area contributed by atoms with Crippen LogP contribution in [-0.2, 0) is 16.0 Å². The first kappa shape index (κ1) is 16.7. The van der Waals surface area contributed by atoms with Gasteiger partial charge in [0.2, 0.25) is 0 Å². The number of urea groups is 1. The molecule has 2 amide bonds. The van der Waals surface area contributed by atoms with Gasteiger partial charge in [-0.25, -0.2) is 4.79 Å². The number of hydrogen-bond acceptors (Lipinski definition) is 4. The maximum Gasteiger partial charge on any atom is 0.319 e. The highest BCUT2D eigenvalue weighted by Gasteiger charge is 2.20. The molecule has 1 fully saturated rings. The van der Waals surface area contributed by atoms with Gasteiger partial charge in [0.15, 0.2) is 0 Å². The normalized spacial score (nSPS) is 15.8. The van der Waals surface area contributed by atoms with Crippen LogP contribution in [0.15, 0.2) is 30.3 Å². The van der Waals surface area contributed by atoms with Gasteiger partial charge < -0.3 is 19.7 Å². The van der Waals surface area contributed by atoms with E-state index in [1.165, 1.54) is 5.56 Å². The highest BCUT2D eigenvalue weighted by Crippen LogP contribution is 2.08. The van der Waals surface area contributed by atoms with Crippen molar-refractivity contribution in [3.63, 3.8) is 0 Å². The van der Waals surface area contributed by atoms with Crippen LogP contribution >= 0.6 is 0 Å². The summed E-state index contributed by atoms with van der Waals surface area (Å²) in [5.74, 6) is 0. The first-order chi connectivity index (χ1) is 10.8. The molecule has 0 bridgehead atoms. The Morgan fingerprint density at radius 1 is 1.14 bits per heavy atom. The van der Waals surface area contributed by atoms with Crippen molar-refractivity contribution in [1.82, 2.24) is 15.1 Å². The smallest absolute Gasteiger partial charge is 0.319 e. The molecule has 1 heterocycles. The lowest BCUT2D eigenvalue weighted by atomic mass is 10.2. The molecule has 1 aromatic rings. The second kappa shape index (κ2) is 9.40. The molecule has 1 aromatic carbocycles. The third kappa shape index (κ3) is 5.63. The Morgan fingerprint density at radius 3 is 2.55 bits per heavy atom. The zero-order valence-corrected chi connectivity index (χ0v) is 13.2. The van der Waals surface area contributed by atoms with Gasteiger partial charge in [-0.2, -0.15) is 0 Å². The van der Waals surface area contributed by atoms with Gasteiger partial charge in [-0.05, 0) is 5.56 Å². The van der Waals surface area contributed by atoms with Crippen LogP contribution in [0.2, 0.25) is 0 Å². The fraction of sp³-hybridized carbons (Fsp3) is 0.562. The van der Waals surface area contributed by atoms with Crippen LogP contribution < -0.4 is 5.32 Å². The SMILES string of the molecule is COCCOCNC(=O)N1CCN(Cc2ccccc2)CC1. The summed E-state index contributed by atoms with van der Waals surface area (Å²) in [7, 11) is 1.62. The van der Waals surface area contributed by atoms with E-state index in [1.807, 2.05) is 11.0 Å². The Bertz CT molecular complexity index is 434. The van der Waals surface area contributed by atoms with E-state index in [1.54, 1.807) is 7.11 Å². The van der Waals surface area contributed by atoms with Crippen LogP contribution in [0.4, 0.5) is 4.79 Å².